The minimum Gasteiger partial charge on any atom is -0.505 e. The number of aliphatic imine (C=N–C) groups is 1. The summed E-state index contributed by atoms with van der Waals surface area (Å²) in [5, 5.41) is 19.6. The van der Waals surface area contributed by atoms with Crippen molar-refractivity contribution in [3.05, 3.63) is 82.7 Å². The van der Waals surface area contributed by atoms with Crippen molar-refractivity contribution in [3.63, 3.8) is 0 Å². The molecule has 0 fully saturated rings. The Balaban J connectivity index is 1.76. The van der Waals surface area contributed by atoms with Crippen LogP contribution in [-0.2, 0) is 14.3 Å². The second-order valence-corrected chi connectivity index (χ2v) is 8.56. The Morgan fingerprint density at radius 2 is 1.97 bits per heavy atom. The van der Waals surface area contributed by atoms with Crippen molar-refractivity contribution in [3.8, 4) is 0 Å². The summed E-state index contributed by atoms with van der Waals surface area (Å²) in [7, 11) is 0. The third kappa shape index (κ3) is 5.16. The maximum Gasteiger partial charge on any atom is 0.325 e. The molecule has 4 N–H and O–H groups in total. The van der Waals surface area contributed by atoms with Gasteiger partial charge in [-0.25, -0.2) is 5.01 Å². The molecule has 2 aromatic rings. The van der Waals surface area contributed by atoms with Crippen molar-refractivity contribution in [2.45, 2.75) is 20.8 Å². The van der Waals surface area contributed by atoms with Crippen molar-refractivity contribution >= 4 is 47.0 Å². The molecule has 1 amide bonds. The van der Waals surface area contributed by atoms with E-state index in [1.165, 1.54) is 11.2 Å². The van der Waals surface area contributed by atoms with Gasteiger partial charge < -0.3 is 20.9 Å². The summed E-state index contributed by atoms with van der Waals surface area (Å²) in [6.07, 6.45) is 4.86. The highest BCUT2D eigenvalue weighted by Gasteiger charge is 2.37. The summed E-state index contributed by atoms with van der Waals surface area (Å²) < 4.78 is 4.88. The Hall–Kier alpha value is -4.66. The second kappa shape index (κ2) is 10.9. The summed E-state index contributed by atoms with van der Waals surface area (Å²) in [6, 6.07) is 14.9. The first-order valence-electron chi connectivity index (χ1n) is 11.9. The average molecular weight is 500 g/mol. The molecular weight excluding hydrogens is 470 g/mol. The van der Waals surface area contributed by atoms with Crippen molar-refractivity contribution in [2.24, 2.45) is 21.7 Å². The lowest BCUT2D eigenvalue weighted by molar-refractivity contribution is -0.143. The number of benzene rings is 2. The SMILES string of the molecule is CCOC(=O)CNC(=O)C1=C(O)c2ccc(/C(C=Nc3ccccc3)=C/N)cc2C2=C(C)C(C)C=NN12. The molecule has 0 spiro atoms. The van der Waals surface area contributed by atoms with Crippen LogP contribution in [0.3, 0.4) is 0 Å². The molecular formula is C28H29N5O4. The number of hydrazone groups is 1. The summed E-state index contributed by atoms with van der Waals surface area (Å²) in [5.74, 6) is -1.45. The van der Waals surface area contributed by atoms with Crippen LogP contribution in [0.5, 0.6) is 0 Å². The van der Waals surface area contributed by atoms with E-state index in [9.17, 15) is 14.7 Å². The molecule has 0 aromatic heterocycles. The topological polar surface area (TPSA) is 130 Å². The van der Waals surface area contributed by atoms with Gasteiger partial charge >= 0.3 is 5.97 Å². The molecule has 9 heteroatoms. The number of esters is 1. The number of fused-ring (bicyclic) bond motifs is 3. The summed E-state index contributed by atoms with van der Waals surface area (Å²) in [4.78, 5) is 29.4. The minimum absolute atomic E-state index is 0.0102. The van der Waals surface area contributed by atoms with Crippen LogP contribution < -0.4 is 11.1 Å². The average Bonchev–Trinajstić information content (AvgIpc) is 2.90. The molecule has 0 saturated heterocycles. The number of allylic oxidation sites excluding steroid dienone is 2. The van der Waals surface area contributed by atoms with Gasteiger partial charge in [0.25, 0.3) is 5.91 Å². The van der Waals surface area contributed by atoms with E-state index in [1.54, 1.807) is 31.5 Å². The van der Waals surface area contributed by atoms with Crippen LogP contribution in [0.2, 0.25) is 0 Å². The van der Waals surface area contributed by atoms with Gasteiger partial charge in [0, 0.05) is 41.2 Å². The van der Waals surface area contributed by atoms with E-state index in [1.807, 2.05) is 50.2 Å². The minimum atomic E-state index is -0.644. The molecule has 190 valence electrons. The Labute approximate surface area is 215 Å². The van der Waals surface area contributed by atoms with Crippen LogP contribution in [0.4, 0.5) is 5.69 Å². The Bertz CT molecular complexity index is 1370. The van der Waals surface area contributed by atoms with Crippen LogP contribution in [-0.4, -0.2) is 47.6 Å². The zero-order valence-electron chi connectivity index (χ0n) is 20.9. The van der Waals surface area contributed by atoms with Gasteiger partial charge in [-0.05, 0) is 49.2 Å². The molecule has 9 nitrogen and oxygen atoms in total. The van der Waals surface area contributed by atoms with Crippen LogP contribution in [0, 0.1) is 5.92 Å². The van der Waals surface area contributed by atoms with Crippen molar-refractivity contribution < 1.29 is 19.4 Å². The fourth-order valence-electron chi connectivity index (χ4n) is 4.09. The number of rotatable bonds is 7. The van der Waals surface area contributed by atoms with E-state index >= 15 is 0 Å². The van der Waals surface area contributed by atoms with E-state index in [2.05, 4.69) is 15.4 Å². The van der Waals surface area contributed by atoms with Crippen molar-refractivity contribution in [1.82, 2.24) is 10.3 Å². The highest BCUT2D eigenvalue weighted by atomic mass is 16.5. The predicted octanol–water partition coefficient (Wildman–Crippen LogP) is 3.98. The summed E-state index contributed by atoms with van der Waals surface area (Å²) in [5.41, 5.74) is 11.0. The molecule has 0 bridgehead atoms. The van der Waals surface area contributed by atoms with Gasteiger partial charge in [0.1, 0.15) is 6.54 Å². The first kappa shape index (κ1) is 25.4. The lowest BCUT2D eigenvalue weighted by atomic mass is 9.88. The van der Waals surface area contributed by atoms with Crippen LogP contribution >= 0.6 is 0 Å². The number of para-hydroxylation sites is 1. The number of nitrogens with zero attached hydrogens (tertiary/aromatic N) is 3. The van der Waals surface area contributed by atoms with Gasteiger partial charge in [-0.15, -0.1) is 0 Å². The number of nitrogens with two attached hydrogens (primary N) is 1. The smallest absolute Gasteiger partial charge is 0.325 e. The normalized spacial score (nSPS) is 17.1. The lowest BCUT2D eigenvalue weighted by Gasteiger charge is -2.35. The van der Waals surface area contributed by atoms with Crippen LogP contribution in [0.25, 0.3) is 17.0 Å². The molecule has 2 aliphatic heterocycles. The van der Waals surface area contributed by atoms with Crippen LogP contribution in [0.1, 0.15) is 37.5 Å². The maximum atomic E-state index is 13.1. The number of carbonyl (C=O) groups is 2. The van der Waals surface area contributed by atoms with Crippen molar-refractivity contribution in [1.29, 1.82) is 0 Å². The number of carbonyl (C=O) groups excluding carboxylic acids is 2. The molecule has 2 aromatic carbocycles. The third-order valence-corrected chi connectivity index (χ3v) is 6.18. The maximum absolute atomic E-state index is 13.1. The highest BCUT2D eigenvalue weighted by Crippen LogP contribution is 2.43. The second-order valence-electron chi connectivity index (χ2n) is 8.56. The van der Waals surface area contributed by atoms with Gasteiger partial charge in [0.15, 0.2) is 11.5 Å². The first-order chi connectivity index (χ1) is 17.8. The number of nitrogens with one attached hydrogen (secondary N) is 1. The zero-order valence-corrected chi connectivity index (χ0v) is 20.9. The van der Waals surface area contributed by atoms with E-state index < -0.39 is 11.9 Å². The van der Waals surface area contributed by atoms with E-state index in [0.29, 0.717) is 22.4 Å². The molecule has 2 heterocycles. The molecule has 37 heavy (non-hydrogen) atoms. The lowest BCUT2D eigenvalue weighted by Crippen LogP contribution is -2.39. The highest BCUT2D eigenvalue weighted by molar-refractivity contribution is 6.11. The number of aliphatic hydroxyl groups excluding tert-OH is 1. The molecule has 1 atom stereocenters. The monoisotopic (exact) mass is 499 g/mol. The quantitative estimate of drug-likeness (QED) is 0.390. The molecule has 2 aliphatic rings. The predicted molar refractivity (Wildman–Crippen MR) is 144 cm³/mol. The van der Waals surface area contributed by atoms with Crippen molar-refractivity contribution in [2.75, 3.05) is 13.2 Å². The summed E-state index contributed by atoms with van der Waals surface area (Å²) in [6.45, 7) is 5.52. The molecule has 1 unspecified atom stereocenters. The van der Waals surface area contributed by atoms with Gasteiger partial charge in [-0.3, -0.25) is 14.6 Å². The molecule has 0 aliphatic carbocycles. The molecule has 0 saturated carbocycles. The standard InChI is InChI=1S/C28H29N5O4/c1-4-37-24(34)16-31-28(36)26-27(35)22-11-10-19(20(13-29)15-30-21-8-6-5-7-9-21)12-23(22)25-18(3)17(2)14-32-33(25)26/h5-15,17,35H,4,16,29H2,1-3H3,(H,31,36)/b20-13+,30-15?. The fraction of sp³-hybridized carbons (Fsp3) is 0.214. The Morgan fingerprint density at radius 1 is 1.22 bits per heavy atom. The number of aliphatic hydroxyl groups is 1. The van der Waals surface area contributed by atoms with Gasteiger partial charge in [-0.1, -0.05) is 31.2 Å². The third-order valence-electron chi connectivity index (χ3n) is 6.18. The number of ether oxygens (including phenoxy) is 1. The largest absolute Gasteiger partial charge is 0.505 e. The molecule has 4 rings (SSSR count). The molecule has 0 radical (unpaired) electrons. The van der Waals surface area contributed by atoms with E-state index in [0.717, 1.165) is 16.8 Å². The number of hydrogen-bond donors (Lipinski definition) is 3. The van der Waals surface area contributed by atoms with Gasteiger partial charge in [0.2, 0.25) is 0 Å². The van der Waals surface area contributed by atoms with E-state index in [4.69, 9.17) is 10.5 Å². The number of hydrogen-bond acceptors (Lipinski definition) is 8. The summed E-state index contributed by atoms with van der Waals surface area (Å²) >= 11 is 0. The number of amides is 1. The van der Waals surface area contributed by atoms with Gasteiger partial charge in [0.05, 0.1) is 18.0 Å². The Morgan fingerprint density at radius 3 is 2.68 bits per heavy atom. The fourth-order valence-corrected chi connectivity index (χ4v) is 4.09. The van der Waals surface area contributed by atoms with Crippen LogP contribution in [0.15, 0.2) is 76.1 Å². The zero-order chi connectivity index (χ0) is 26.5. The van der Waals surface area contributed by atoms with Gasteiger partial charge in [-0.2, -0.15) is 5.10 Å². The Kier molecular flexibility index (Phi) is 7.52. The first-order valence-corrected chi connectivity index (χ1v) is 11.9. The van der Waals surface area contributed by atoms with E-state index in [-0.39, 0.29) is 30.5 Å².